The van der Waals surface area contributed by atoms with Gasteiger partial charge in [-0.2, -0.15) is 0 Å². The van der Waals surface area contributed by atoms with E-state index in [4.69, 9.17) is 5.11 Å². The molecule has 0 amide bonds. The van der Waals surface area contributed by atoms with Crippen molar-refractivity contribution in [2.24, 2.45) is 5.92 Å². The maximum Gasteiger partial charge on any atom is 0.341 e. The van der Waals surface area contributed by atoms with Crippen molar-refractivity contribution in [2.75, 3.05) is 0 Å². The van der Waals surface area contributed by atoms with Gasteiger partial charge in [-0.1, -0.05) is 25.3 Å². The molecule has 0 aliphatic heterocycles. The number of carboxylic acid groups (broad SMARTS) is 1. The summed E-state index contributed by atoms with van der Waals surface area (Å²) in [5, 5.41) is 8.57. The van der Waals surface area contributed by atoms with Crippen LogP contribution in [-0.2, 0) is 4.79 Å². The zero-order valence-corrected chi connectivity index (χ0v) is 7.89. The van der Waals surface area contributed by atoms with Crippen LogP contribution in [0.3, 0.4) is 0 Å². The van der Waals surface area contributed by atoms with E-state index >= 15 is 0 Å². The smallest absolute Gasteiger partial charge is 0.341 e. The number of carbonyl (C=O) groups is 1. The Morgan fingerprint density at radius 2 is 1.92 bits per heavy atom. The van der Waals surface area contributed by atoms with Crippen molar-refractivity contribution in [1.82, 2.24) is 0 Å². The Kier molecular flexibility index (Phi) is 3.66. The van der Waals surface area contributed by atoms with Crippen LogP contribution in [0, 0.1) is 5.92 Å². The Bertz CT molecular complexity index is 193. The van der Waals surface area contributed by atoms with Crippen LogP contribution < -0.4 is 0 Å². The van der Waals surface area contributed by atoms with Gasteiger partial charge in [0.2, 0.25) is 0 Å². The van der Waals surface area contributed by atoms with Crippen LogP contribution in [0.5, 0.6) is 0 Å². The Morgan fingerprint density at radius 3 is 2.42 bits per heavy atom. The van der Waals surface area contributed by atoms with Crippen LogP contribution in [0.15, 0.2) is 11.0 Å². The van der Waals surface area contributed by atoms with E-state index in [9.17, 15) is 4.79 Å². The van der Waals surface area contributed by atoms with E-state index in [1.165, 1.54) is 19.3 Å². The lowest BCUT2D eigenvalue weighted by atomic mass is 9.89. The number of hydrogen-bond acceptors (Lipinski definition) is 2. The molecule has 0 saturated heterocycles. The molecule has 1 fully saturated rings. The minimum Gasteiger partial charge on any atom is -0.477 e. The van der Waals surface area contributed by atoms with Crippen molar-refractivity contribution < 1.29 is 9.90 Å². The summed E-state index contributed by atoms with van der Waals surface area (Å²) in [6.07, 6.45) is 7.77. The van der Waals surface area contributed by atoms with E-state index in [0.29, 0.717) is 5.92 Å². The van der Waals surface area contributed by atoms with Gasteiger partial charge in [0.05, 0.1) is 4.91 Å². The minimum atomic E-state index is -0.913. The van der Waals surface area contributed by atoms with Gasteiger partial charge < -0.3 is 5.11 Å². The van der Waals surface area contributed by atoms with Gasteiger partial charge in [-0.15, -0.1) is 12.6 Å². The van der Waals surface area contributed by atoms with Crippen LogP contribution in [0.1, 0.15) is 32.1 Å². The predicted octanol–water partition coefficient (Wildman–Crippen LogP) is 2.47. The second kappa shape index (κ2) is 4.55. The third-order valence-corrected chi connectivity index (χ3v) is 2.60. The first-order valence-electron chi connectivity index (χ1n) is 4.34. The Morgan fingerprint density at radius 1 is 1.33 bits per heavy atom. The molecule has 1 rings (SSSR count). The first-order valence-corrected chi connectivity index (χ1v) is 4.79. The van der Waals surface area contributed by atoms with E-state index in [1.54, 1.807) is 6.08 Å². The molecule has 1 N–H and O–H groups in total. The fraction of sp³-hybridized carbons (Fsp3) is 0.667. The van der Waals surface area contributed by atoms with E-state index in [-0.39, 0.29) is 4.91 Å². The molecule has 1 aliphatic rings. The predicted molar refractivity (Wildman–Crippen MR) is 51.3 cm³/mol. The van der Waals surface area contributed by atoms with Crippen LogP contribution in [-0.4, -0.2) is 11.1 Å². The first-order chi connectivity index (χ1) is 5.70. The Balaban J connectivity index is 2.47. The average Bonchev–Trinajstić information content (AvgIpc) is 2.06. The Hall–Kier alpha value is -0.440. The number of thiol groups is 1. The van der Waals surface area contributed by atoms with Crippen molar-refractivity contribution >= 4 is 18.6 Å². The van der Waals surface area contributed by atoms with E-state index in [2.05, 4.69) is 12.6 Å². The molecule has 0 radical (unpaired) electrons. The van der Waals surface area contributed by atoms with Gasteiger partial charge in [0.25, 0.3) is 0 Å². The third kappa shape index (κ3) is 2.89. The van der Waals surface area contributed by atoms with Crippen LogP contribution in [0.4, 0.5) is 0 Å². The lowest BCUT2D eigenvalue weighted by molar-refractivity contribution is -0.131. The number of hydrogen-bond donors (Lipinski definition) is 2. The summed E-state index contributed by atoms with van der Waals surface area (Å²) < 4.78 is 0. The van der Waals surface area contributed by atoms with E-state index < -0.39 is 5.97 Å². The molecule has 1 saturated carbocycles. The molecule has 0 aromatic rings. The molecule has 1 aliphatic carbocycles. The van der Waals surface area contributed by atoms with Gasteiger partial charge in [-0.25, -0.2) is 4.79 Å². The molecule has 0 aromatic carbocycles. The lowest BCUT2D eigenvalue weighted by Crippen LogP contribution is -2.05. The zero-order valence-electron chi connectivity index (χ0n) is 6.99. The largest absolute Gasteiger partial charge is 0.477 e. The molecule has 0 aromatic heterocycles. The highest BCUT2D eigenvalue weighted by atomic mass is 32.1. The quantitative estimate of drug-likeness (QED) is 0.513. The fourth-order valence-electron chi connectivity index (χ4n) is 1.60. The first kappa shape index (κ1) is 9.65. The van der Waals surface area contributed by atoms with Crippen molar-refractivity contribution in [2.45, 2.75) is 32.1 Å². The summed E-state index contributed by atoms with van der Waals surface area (Å²) in [5.74, 6) is -0.466. The van der Waals surface area contributed by atoms with E-state index in [0.717, 1.165) is 12.8 Å². The number of carboxylic acids is 1. The SMILES string of the molecule is O=C(O)/C(S)=C/C1CCCCC1. The number of rotatable bonds is 2. The van der Waals surface area contributed by atoms with Gasteiger partial charge in [0.1, 0.15) is 0 Å². The molecule has 0 heterocycles. The second-order valence-electron chi connectivity index (χ2n) is 3.26. The molecular weight excluding hydrogens is 172 g/mol. The van der Waals surface area contributed by atoms with E-state index in [1.807, 2.05) is 0 Å². The standard InChI is InChI=1S/C9H14O2S/c10-9(11)8(12)6-7-4-2-1-3-5-7/h6-7,12H,1-5H2,(H,10,11)/b8-6-. The van der Waals surface area contributed by atoms with Gasteiger partial charge >= 0.3 is 5.97 Å². The Labute approximate surface area is 78.1 Å². The van der Waals surface area contributed by atoms with Crippen LogP contribution in [0.25, 0.3) is 0 Å². The maximum absolute atomic E-state index is 10.4. The van der Waals surface area contributed by atoms with Gasteiger partial charge in [-0.3, -0.25) is 0 Å². The topological polar surface area (TPSA) is 37.3 Å². The minimum absolute atomic E-state index is 0.196. The third-order valence-electron chi connectivity index (χ3n) is 2.26. The molecule has 0 spiro atoms. The highest BCUT2D eigenvalue weighted by Crippen LogP contribution is 2.26. The average molecular weight is 186 g/mol. The number of aliphatic carboxylic acids is 1. The molecular formula is C9H14O2S. The molecule has 12 heavy (non-hydrogen) atoms. The summed E-state index contributed by atoms with van der Waals surface area (Å²) in [4.78, 5) is 10.6. The normalized spacial score (nSPS) is 20.9. The molecule has 0 atom stereocenters. The summed E-state index contributed by atoms with van der Waals surface area (Å²) in [6.45, 7) is 0. The van der Waals surface area contributed by atoms with Crippen molar-refractivity contribution in [3.05, 3.63) is 11.0 Å². The van der Waals surface area contributed by atoms with Crippen molar-refractivity contribution in [3.63, 3.8) is 0 Å². The molecule has 3 heteroatoms. The van der Waals surface area contributed by atoms with Crippen LogP contribution >= 0.6 is 12.6 Å². The highest BCUT2D eigenvalue weighted by Gasteiger charge is 2.12. The molecule has 0 unspecified atom stereocenters. The van der Waals surface area contributed by atoms with Crippen molar-refractivity contribution in [3.8, 4) is 0 Å². The van der Waals surface area contributed by atoms with Gasteiger partial charge in [0, 0.05) is 0 Å². The molecule has 0 bridgehead atoms. The molecule has 68 valence electrons. The maximum atomic E-state index is 10.4. The summed E-state index contributed by atoms with van der Waals surface area (Å²) in [7, 11) is 0. The second-order valence-corrected chi connectivity index (χ2v) is 3.74. The number of allylic oxidation sites excluding steroid dienone is 1. The summed E-state index contributed by atoms with van der Waals surface area (Å²) >= 11 is 3.90. The summed E-state index contributed by atoms with van der Waals surface area (Å²) in [5.41, 5.74) is 0. The zero-order chi connectivity index (χ0) is 8.97. The van der Waals surface area contributed by atoms with Gasteiger partial charge in [0.15, 0.2) is 0 Å². The lowest BCUT2D eigenvalue weighted by Gasteiger charge is -2.17. The monoisotopic (exact) mass is 186 g/mol. The van der Waals surface area contributed by atoms with Crippen LogP contribution in [0.2, 0.25) is 0 Å². The molecule has 2 nitrogen and oxygen atoms in total. The summed E-state index contributed by atoms with van der Waals surface area (Å²) in [6, 6.07) is 0. The van der Waals surface area contributed by atoms with Gasteiger partial charge in [-0.05, 0) is 18.8 Å². The fourth-order valence-corrected chi connectivity index (χ4v) is 1.81. The van der Waals surface area contributed by atoms with Crippen molar-refractivity contribution in [1.29, 1.82) is 0 Å². The highest BCUT2D eigenvalue weighted by molar-refractivity contribution is 7.85.